The number of ketones is 2. The van der Waals surface area contributed by atoms with Gasteiger partial charge in [-0.1, -0.05) is 67.4 Å². The molecule has 2 aliphatic rings. The Kier molecular flexibility index (Phi) is 6.05. The van der Waals surface area contributed by atoms with Crippen molar-refractivity contribution in [2.24, 2.45) is 5.92 Å². The summed E-state index contributed by atoms with van der Waals surface area (Å²) in [5.74, 6) is -0.321. The summed E-state index contributed by atoms with van der Waals surface area (Å²) in [6, 6.07) is 20.5. The van der Waals surface area contributed by atoms with E-state index in [9.17, 15) is 9.59 Å². The maximum atomic E-state index is 13.6. The largest absolute Gasteiger partial charge is 0.334 e. The number of nitrogens with zero attached hydrogens (tertiary/aromatic N) is 1. The fourth-order valence-electron chi connectivity index (χ4n) is 4.08. The normalized spacial score (nSPS) is 17.2. The molecule has 3 nitrogen and oxygen atoms in total. The maximum Gasteiger partial charge on any atom is 0.191 e. The Hall–Kier alpha value is -1.86. The van der Waals surface area contributed by atoms with Crippen LogP contribution in [0.25, 0.3) is 0 Å². The van der Waals surface area contributed by atoms with E-state index >= 15 is 0 Å². The highest BCUT2D eigenvalue weighted by atomic mass is 79.9. The second-order valence-corrected chi connectivity index (χ2v) is 11.0. The number of Topliss-reactive ketones (excluding diaryl/α,β-unsaturated/α-hetero) is 2. The summed E-state index contributed by atoms with van der Waals surface area (Å²) in [6.45, 7) is 0.531. The van der Waals surface area contributed by atoms with E-state index < -0.39 is 0 Å². The molecule has 3 aromatic carbocycles. The van der Waals surface area contributed by atoms with Crippen LogP contribution in [0.5, 0.6) is 0 Å². The van der Waals surface area contributed by atoms with Gasteiger partial charge in [0.25, 0.3) is 0 Å². The molecule has 1 unspecified atom stereocenters. The van der Waals surface area contributed by atoms with Gasteiger partial charge in [0.05, 0.1) is 10.7 Å². The third-order valence-corrected chi connectivity index (χ3v) is 8.16. The van der Waals surface area contributed by atoms with E-state index in [1.165, 1.54) is 0 Å². The van der Waals surface area contributed by atoms with Gasteiger partial charge in [0.15, 0.2) is 11.6 Å². The third-order valence-electron chi connectivity index (χ3n) is 5.66. The molecule has 0 bridgehead atoms. The van der Waals surface area contributed by atoms with Crippen molar-refractivity contribution in [3.05, 3.63) is 102 Å². The summed E-state index contributed by atoms with van der Waals surface area (Å²) in [7, 11) is 0. The number of halogens is 3. The first-order valence-corrected chi connectivity index (χ1v) is 12.8. The summed E-state index contributed by atoms with van der Waals surface area (Å²) in [5, 5.41) is 1.55. The third kappa shape index (κ3) is 4.10. The molecule has 5 rings (SSSR count). The highest BCUT2D eigenvalue weighted by molar-refractivity contribution is 9.10. The number of benzene rings is 3. The zero-order chi connectivity index (χ0) is 22.4. The number of allylic oxidation sites excluding steroid dienone is 1. The molecule has 0 aromatic heterocycles. The molecule has 0 amide bonds. The number of anilines is 1. The lowest BCUT2D eigenvalue weighted by molar-refractivity contribution is 0.0915. The zero-order valence-electron chi connectivity index (χ0n) is 16.6. The molecule has 0 N–H and O–H groups in total. The first-order valence-electron chi connectivity index (χ1n) is 9.99. The van der Waals surface area contributed by atoms with E-state index in [0.29, 0.717) is 34.7 Å². The van der Waals surface area contributed by atoms with Crippen molar-refractivity contribution < 1.29 is 9.59 Å². The minimum absolute atomic E-state index is 0.0443. The number of thioether (sulfide) groups is 1. The standard InChI is InChI=1S/C25H16Br2ClNO2S/c26-17-5-1-14(2-6-17)23(30)16-11-20(24(31)15-3-7-18(27)8-4-15)25-29(13-16)21-10-9-19(28)12-22(21)32-25/h1-10,12,16H,11,13H2. The van der Waals surface area contributed by atoms with Crippen LogP contribution in [0.15, 0.2) is 91.2 Å². The fraction of sp³-hybridized carbons (Fsp3) is 0.120. The lowest BCUT2D eigenvalue weighted by Gasteiger charge is -2.32. The van der Waals surface area contributed by atoms with Crippen molar-refractivity contribution in [2.45, 2.75) is 11.3 Å². The molecule has 0 radical (unpaired) electrons. The number of carbonyl (C=O) groups excluding carboxylic acids is 2. The van der Waals surface area contributed by atoms with Crippen LogP contribution in [-0.4, -0.2) is 18.1 Å². The molecule has 7 heteroatoms. The summed E-state index contributed by atoms with van der Waals surface area (Å²) < 4.78 is 1.84. The molecule has 1 atom stereocenters. The minimum Gasteiger partial charge on any atom is -0.334 e. The molecule has 160 valence electrons. The number of fused-ring (bicyclic) bond motifs is 3. The summed E-state index contributed by atoms with van der Waals surface area (Å²) in [6.07, 6.45) is 0.407. The molecule has 2 aliphatic heterocycles. The van der Waals surface area contributed by atoms with Crippen LogP contribution < -0.4 is 4.90 Å². The van der Waals surface area contributed by atoms with E-state index in [1.807, 2.05) is 66.7 Å². The van der Waals surface area contributed by atoms with Crippen LogP contribution >= 0.6 is 55.2 Å². The zero-order valence-corrected chi connectivity index (χ0v) is 21.4. The molecule has 0 saturated carbocycles. The van der Waals surface area contributed by atoms with Gasteiger partial charge in [-0.15, -0.1) is 0 Å². The van der Waals surface area contributed by atoms with Gasteiger partial charge in [0, 0.05) is 48.0 Å². The SMILES string of the molecule is O=C(C1=C2Sc3cc(Cl)ccc3N2CC(C(=O)c2ccc(Br)cc2)C1)c1ccc(Br)cc1. The highest BCUT2D eigenvalue weighted by Crippen LogP contribution is 2.51. The van der Waals surface area contributed by atoms with Gasteiger partial charge in [-0.3, -0.25) is 9.59 Å². The second-order valence-electron chi connectivity index (χ2n) is 7.72. The summed E-state index contributed by atoms with van der Waals surface area (Å²) in [4.78, 5) is 30.1. The first-order chi connectivity index (χ1) is 15.4. The monoisotopic (exact) mass is 587 g/mol. The van der Waals surface area contributed by atoms with Crippen molar-refractivity contribution >= 4 is 72.5 Å². The number of carbonyl (C=O) groups is 2. The lowest BCUT2D eigenvalue weighted by Crippen LogP contribution is -2.37. The maximum absolute atomic E-state index is 13.6. The van der Waals surface area contributed by atoms with Crippen LogP contribution in [0.4, 0.5) is 5.69 Å². The second kappa shape index (κ2) is 8.82. The van der Waals surface area contributed by atoms with Crippen molar-refractivity contribution in [1.82, 2.24) is 0 Å². The van der Waals surface area contributed by atoms with E-state index in [0.717, 1.165) is 24.6 Å². The molecule has 0 saturated heterocycles. The van der Waals surface area contributed by atoms with Crippen LogP contribution in [0, 0.1) is 5.92 Å². The fourth-order valence-corrected chi connectivity index (χ4v) is 6.10. The van der Waals surface area contributed by atoms with E-state index in [4.69, 9.17) is 11.6 Å². The summed E-state index contributed by atoms with van der Waals surface area (Å²) >= 11 is 14.6. The van der Waals surface area contributed by atoms with Gasteiger partial charge in [0.2, 0.25) is 0 Å². The molecular weight excluding hydrogens is 574 g/mol. The van der Waals surface area contributed by atoms with Crippen molar-refractivity contribution in [3.8, 4) is 0 Å². The van der Waals surface area contributed by atoms with Crippen LogP contribution in [0.1, 0.15) is 27.1 Å². The van der Waals surface area contributed by atoms with E-state index in [-0.39, 0.29) is 17.5 Å². The Bertz CT molecular complexity index is 1270. The number of hydrogen-bond acceptors (Lipinski definition) is 4. The number of rotatable bonds is 4. The van der Waals surface area contributed by atoms with Crippen LogP contribution in [0.2, 0.25) is 5.02 Å². The van der Waals surface area contributed by atoms with E-state index in [2.05, 4.69) is 36.8 Å². The quantitative estimate of drug-likeness (QED) is 0.292. The Morgan fingerprint density at radius 3 is 2.19 bits per heavy atom. The molecule has 0 fully saturated rings. The van der Waals surface area contributed by atoms with Gasteiger partial charge >= 0.3 is 0 Å². The Morgan fingerprint density at radius 1 is 0.906 bits per heavy atom. The van der Waals surface area contributed by atoms with Gasteiger partial charge in [0.1, 0.15) is 0 Å². The summed E-state index contributed by atoms with van der Waals surface area (Å²) in [5.41, 5.74) is 2.93. The van der Waals surface area contributed by atoms with Crippen molar-refractivity contribution in [2.75, 3.05) is 11.4 Å². The van der Waals surface area contributed by atoms with E-state index in [1.54, 1.807) is 11.8 Å². The highest BCUT2D eigenvalue weighted by Gasteiger charge is 2.39. The Labute approximate surface area is 212 Å². The molecule has 3 aromatic rings. The molecule has 2 heterocycles. The molecule has 0 aliphatic carbocycles. The lowest BCUT2D eigenvalue weighted by atomic mass is 9.85. The first kappa shape index (κ1) is 22.0. The predicted molar refractivity (Wildman–Crippen MR) is 137 cm³/mol. The topological polar surface area (TPSA) is 37.4 Å². The average molecular weight is 590 g/mol. The molecular formula is C25H16Br2ClNO2S. The molecule has 32 heavy (non-hydrogen) atoms. The van der Waals surface area contributed by atoms with Crippen LogP contribution in [-0.2, 0) is 0 Å². The number of hydrogen-bond donors (Lipinski definition) is 0. The Balaban J connectivity index is 1.57. The average Bonchev–Trinajstić information content (AvgIpc) is 3.16. The molecule has 0 spiro atoms. The van der Waals surface area contributed by atoms with Gasteiger partial charge in [-0.05, 0) is 61.0 Å². The minimum atomic E-state index is -0.323. The predicted octanol–water partition coefficient (Wildman–Crippen LogP) is 7.77. The van der Waals surface area contributed by atoms with Crippen molar-refractivity contribution in [1.29, 1.82) is 0 Å². The Morgan fingerprint density at radius 2 is 1.53 bits per heavy atom. The van der Waals surface area contributed by atoms with Gasteiger partial charge in [-0.25, -0.2) is 0 Å². The smallest absolute Gasteiger partial charge is 0.191 e. The van der Waals surface area contributed by atoms with Crippen LogP contribution in [0.3, 0.4) is 0 Å². The van der Waals surface area contributed by atoms with Gasteiger partial charge < -0.3 is 4.90 Å². The van der Waals surface area contributed by atoms with Gasteiger partial charge in [-0.2, -0.15) is 0 Å². The van der Waals surface area contributed by atoms with Crippen molar-refractivity contribution in [3.63, 3.8) is 0 Å².